The summed E-state index contributed by atoms with van der Waals surface area (Å²) >= 11 is 0. The zero-order chi connectivity index (χ0) is 22.1. The van der Waals surface area contributed by atoms with Crippen LogP contribution in [0.1, 0.15) is 35.8 Å². The van der Waals surface area contributed by atoms with Crippen molar-refractivity contribution in [2.75, 3.05) is 34.8 Å². The smallest absolute Gasteiger partial charge is 0.263 e. The molecule has 1 fully saturated rings. The standard InChI is InChI=1S/C24H23N7O/c1-2-26-24-28-14-21-22(29-24)30-10-4-7-20(30)15-31(23(21)32)19-6-3-5-16(12-19)17-8-9-27-18(11-17)13-25/h3,5-6,8-9,11-12,14,20H,2,4,7,10,15H2,1H3,(H,26,28,29)/t20-/m0/s1. The van der Waals surface area contributed by atoms with Crippen LogP contribution in [0.15, 0.2) is 48.8 Å². The Balaban J connectivity index is 1.56. The van der Waals surface area contributed by atoms with E-state index in [9.17, 15) is 10.1 Å². The molecular weight excluding hydrogens is 402 g/mol. The van der Waals surface area contributed by atoms with Gasteiger partial charge in [-0.15, -0.1) is 0 Å². The van der Waals surface area contributed by atoms with E-state index in [1.165, 1.54) is 0 Å². The first-order chi connectivity index (χ1) is 15.7. The summed E-state index contributed by atoms with van der Waals surface area (Å²) in [6.45, 7) is 4.19. The lowest BCUT2D eigenvalue weighted by atomic mass is 10.0. The molecule has 2 aliphatic heterocycles. The SMILES string of the molecule is CCNc1ncc2c(n1)N1CCC[C@H]1CN(c1cccc(-c3ccnc(C#N)c3)c1)C2=O. The van der Waals surface area contributed by atoms with Crippen molar-refractivity contribution < 1.29 is 4.79 Å². The minimum atomic E-state index is -0.0953. The van der Waals surface area contributed by atoms with Gasteiger partial charge in [-0.3, -0.25) is 4.79 Å². The molecule has 8 heteroatoms. The average molecular weight is 425 g/mol. The van der Waals surface area contributed by atoms with Gasteiger partial charge in [0.1, 0.15) is 23.1 Å². The molecule has 0 bridgehead atoms. The van der Waals surface area contributed by atoms with Gasteiger partial charge in [0.25, 0.3) is 5.91 Å². The van der Waals surface area contributed by atoms with E-state index in [1.807, 2.05) is 42.2 Å². The predicted octanol–water partition coefficient (Wildman–Crippen LogP) is 3.47. The number of fused-ring (bicyclic) bond motifs is 3. The highest BCUT2D eigenvalue weighted by Gasteiger charge is 2.37. The molecule has 1 amide bonds. The fourth-order valence-corrected chi connectivity index (χ4v) is 4.48. The topological polar surface area (TPSA) is 98.0 Å². The summed E-state index contributed by atoms with van der Waals surface area (Å²) in [6, 6.07) is 13.8. The van der Waals surface area contributed by atoms with Gasteiger partial charge in [-0.25, -0.2) is 9.97 Å². The van der Waals surface area contributed by atoms with Gasteiger partial charge in [0.2, 0.25) is 5.95 Å². The molecule has 0 saturated carbocycles. The van der Waals surface area contributed by atoms with Crippen molar-refractivity contribution >= 4 is 23.4 Å². The highest BCUT2D eigenvalue weighted by molar-refractivity contribution is 6.10. The number of pyridine rings is 1. The van der Waals surface area contributed by atoms with Gasteiger partial charge in [-0.2, -0.15) is 10.2 Å². The van der Waals surface area contributed by atoms with Crippen molar-refractivity contribution in [3.8, 4) is 17.2 Å². The van der Waals surface area contributed by atoms with Crippen LogP contribution in [-0.4, -0.2) is 46.5 Å². The zero-order valence-electron chi connectivity index (χ0n) is 17.8. The second kappa shape index (κ2) is 8.27. The van der Waals surface area contributed by atoms with Crippen LogP contribution in [0.5, 0.6) is 0 Å². The second-order valence-electron chi connectivity index (χ2n) is 7.96. The maximum absolute atomic E-state index is 13.6. The molecule has 160 valence electrons. The van der Waals surface area contributed by atoms with E-state index in [1.54, 1.807) is 18.5 Å². The Morgan fingerprint density at radius 3 is 2.94 bits per heavy atom. The summed E-state index contributed by atoms with van der Waals surface area (Å²) in [5.74, 6) is 1.17. The van der Waals surface area contributed by atoms with E-state index >= 15 is 0 Å². The maximum Gasteiger partial charge on any atom is 0.263 e. The summed E-state index contributed by atoms with van der Waals surface area (Å²) in [7, 11) is 0. The normalized spacial score (nSPS) is 17.4. The van der Waals surface area contributed by atoms with E-state index < -0.39 is 0 Å². The number of nitriles is 1. The Bertz CT molecular complexity index is 1220. The number of anilines is 3. The highest BCUT2D eigenvalue weighted by atomic mass is 16.2. The van der Waals surface area contributed by atoms with Crippen molar-refractivity contribution in [1.29, 1.82) is 5.26 Å². The van der Waals surface area contributed by atoms with E-state index in [0.717, 1.165) is 48.6 Å². The lowest BCUT2D eigenvalue weighted by Gasteiger charge is -2.27. The summed E-state index contributed by atoms with van der Waals surface area (Å²) in [5, 5.41) is 12.3. The minimum absolute atomic E-state index is 0.0953. The average Bonchev–Trinajstić information content (AvgIpc) is 3.26. The third kappa shape index (κ3) is 3.52. The monoisotopic (exact) mass is 425 g/mol. The molecule has 1 aromatic carbocycles. The largest absolute Gasteiger partial charge is 0.354 e. The number of hydrogen-bond acceptors (Lipinski definition) is 7. The van der Waals surface area contributed by atoms with Crippen LogP contribution in [-0.2, 0) is 0 Å². The molecule has 2 aromatic heterocycles. The number of hydrogen-bond donors (Lipinski definition) is 1. The van der Waals surface area contributed by atoms with Crippen LogP contribution < -0.4 is 15.1 Å². The minimum Gasteiger partial charge on any atom is -0.354 e. The van der Waals surface area contributed by atoms with Crippen LogP contribution in [0, 0.1) is 11.3 Å². The molecule has 0 radical (unpaired) electrons. The summed E-state index contributed by atoms with van der Waals surface area (Å²) < 4.78 is 0. The van der Waals surface area contributed by atoms with E-state index in [4.69, 9.17) is 0 Å². The van der Waals surface area contributed by atoms with Crippen molar-refractivity contribution in [2.45, 2.75) is 25.8 Å². The lowest BCUT2D eigenvalue weighted by molar-refractivity contribution is 0.0988. The van der Waals surface area contributed by atoms with Gasteiger partial charge < -0.3 is 15.1 Å². The van der Waals surface area contributed by atoms with Crippen LogP contribution in [0.4, 0.5) is 17.5 Å². The summed E-state index contributed by atoms with van der Waals surface area (Å²) in [6.07, 6.45) is 5.35. The molecule has 2 aliphatic rings. The Morgan fingerprint density at radius 2 is 2.09 bits per heavy atom. The number of nitrogens with zero attached hydrogens (tertiary/aromatic N) is 6. The Hall–Kier alpha value is -3.99. The molecule has 1 saturated heterocycles. The molecule has 1 N–H and O–H groups in total. The summed E-state index contributed by atoms with van der Waals surface area (Å²) in [5.41, 5.74) is 3.53. The Kier molecular flexibility index (Phi) is 5.15. The molecule has 0 spiro atoms. The molecule has 1 atom stereocenters. The van der Waals surface area contributed by atoms with Gasteiger partial charge >= 0.3 is 0 Å². The van der Waals surface area contributed by atoms with Gasteiger partial charge in [0, 0.05) is 43.8 Å². The first kappa shape index (κ1) is 19.9. The zero-order valence-corrected chi connectivity index (χ0v) is 17.8. The molecule has 8 nitrogen and oxygen atoms in total. The molecule has 32 heavy (non-hydrogen) atoms. The van der Waals surface area contributed by atoms with Gasteiger partial charge in [-0.1, -0.05) is 12.1 Å². The van der Waals surface area contributed by atoms with Crippen LogP contribution >= 0.6 is 0 Å². The van der Waals surface area contributed by atoms with Crippen LogP contribution in [0.3, 0.4) is 0 Å². The predicted molar refractivity (Wildman–Crippen MR) is 123 cm³/mol. The number of benzene rings is 1. The Labute approximate surface area is 186 Å². The molecular formula is C24H23N7O. The number of carbonyl (C=O) groups is 1. The van der Waals surface area contributed by atoms with Gasteiger partial charge in [-0.05, 0) is 55.2 Å². The highest BCUT2D eigenvalue weighted by Crippen LogP contribution is 2.35. The fraction of sp³-hybridized carbons (Fsp3) is 0.292. The van der Waals surface area contributed by atoms with Gasteiger partial charge in [0.05, 0.1) is 0 Å². The number of aromatic nitrogens is 3. The number of carbonyl (C=O) groups excluding carboxylic acids is 1. The van der Waals surface area contributed by atoms with E-state index in [0.29, 0.717) is 23.8 Å². The Morgan fingerprint density at radius 1 is 1.22 bits per heavy atom. The first-order valence-electron chi connectivity index (χ1n) is 10.8. The molecule has 0 aliphatic carbocycles. The third-order valence-corrected chi connectivity index (χ3v) is 5.99. The maximum atomic E-state index is 13.6. The van der Waals surface area contributed by atoms with E-state index in [2.05, 4.69) is 31.2 Å². The van der Waals surface area contributed by atoms with Crippen molar-refractivity contribution in [1.82, 2.24) is 15.0 Å². The first-order valence-corrected chi connectivity index (χ1v) is 10.8. The quantitative estimate of drug-likeness (QED) is 0.683. The van der Waals surface area contributed by atoms with Crippen molar-refractivity contribution in [3.63, 3.8) is 0 Å². The van der Waals surface area contributed by atoms with Crippen LogP contribution in [0.25, 0.3) is 11.1 Å². The second-order valence-corrected chi connectivity index (χ2v) is 7.96. The fourth-order valence-electron chi connectivity index (χ4n) is 4.48. The number of nitrogens with one attached hydrogen (secondary N) is 1. The van der Waals surface area contributed by atoms with E-state index in [-0.39, 0.29) is 11.9 Å². The number of amides is 1. The molecule has 4 heterocycles. The molecule has 0 unspecified atom stereocenters. The molecule has 3 aromatic rings. The summed E-state index contributed by atoms with van der Waals surface area (Å²) in [4.78, 5) is 30.8. The lowest BCUT2D eigenvalue weighted by Crippen LogP contribution is -2.39. The number of rotatable bonds is 4. The molecule has 5 rings (SSSR count). The third-order valence-electron chi connectivity index (χ3n) is 5.99. The van der Waals surface area contributed by atoms with Crippen LogP contribution in [0.2, 0.25) is 0 Å². The van der Waals surface area contributed by atoms with Gasteiger partial charge in [0.15, 0.2) is 0 Å². The van der Waals surface area contributed by atoms with Crippen molar-refractivity contribution in [2.24, 2.45) is 0 Å². The van der Waals surface area contributed by atoms with Crippen molar-refractivity contribution in [3.05, 3.63) is 60.0 Å².